The van der Waals surface area contributed by atoms with Crippen molar-refractivity contribution in [1.29, 1.82) is 0 Å². The second-order valence-corrected chi connectivity index (χ2v) is 7.42. The second kappa shape index (κ2) is 7.97. The molecule has 2 aromatic rings. The zero-order valence-electron chi connectivity index (χ0n) is 12.8. The molecule has 21 heavy (non-hydrogen) atoms. The van der Waals surface area contributed by atoms with E-state index in [9.17, 15) is 0 Å². The number of aryl methyl sites for hydroxylation is 1. The van der Waals surface area contributed by atoms with Crippen molar-refractivity contribution in [2.24, 2.45) is 0 Å². The van der Waals surface area contributed by atoms with Gasteiger partial charge in [-0.1, -0.05) is 26.0 Å². The Kier molecular flexibility index (Phi) is 6.27. The minimum atomic E-state index is 0.218. The van der Waals surface area contributed by atoms with Crippen LogP contribution in [0.4, 0.5) is 0 Å². The summed E-state index contributed by atoms with van der Waals surface area (Å²) < 4.78 is 6.96. The molecule has 0 saturated carbocycles. The van der Waals surface area contributed by atoms with Crippen LogP contribution in [0.25, 0.3) is 0 Å². The fourth-order valence-electron chi connectivity index (χ4n) is 2.22. The van der Waals surface area contributed by atoms with Crippen molar-refractivity contribution in [3.05, 3.63) is 50.1 Å². The molecule has 1 aromatic heterocycles. The monoisotopic (exact) mass is 367 g/mol. The van der Waals surface area contributed by atoms with Gasteiger partial charge in [-0.05, 0) is 65.1 Å². The zero-order chi connectivity index (χ0) is 15.2. The highest BCUT2D eigenvalue weighted by Gasteiger charge is 2.17. The molecule has 0 radical (unpaired) electrons. The molecule has 2 nitrogen and oxygen atoms in total. The van der Waals surface area contributed by atoms with Gasteiger partial charge in [0, 0.05) is 4.88 Å². The van der Waals surface area contributed by atoms with E-state index in [1.807, 2.05) is 6.07 Å². The van der Waals surface area contributed by atoms with Crippen LogP contribution in [0.3, 0.4) is 0 Å². The number of ether oxygens (including phenoxy) is 1. The van der Waals surface area contributed by atoms with Crippen molar-refractivity contribution in [3.63, 3.8) is 0 Å². The van der Waals surface area contributed by atoms with E-state index in [-0.39, 0.29) is 6.04 Å². The predicted octanol–water partition coefficient (Wildman–Crippen LogP) is 5.31. The number of hydrogen-bond acceptors (Lipinski definition) is 3. The highest BCUT2D eigenvalue weighted by molar-refractivity contribution is 9.11. The Balaban J connectivity index is 2.29. The molecule has 0 fully saturated rings. The van der Waals surface area contributed by atoms with Gasteiger partial charge in [0.25, 0.3) is 0 Å². The summed E-state index contributed by atoms with van der Waals surface area (Å²) in [5, 5.41) is 3.57. The summed E-state index contributed by atoms with van der Waals surface area (Å²) in [6.45, 7) is 8.09. The van der Waals surface area contributed by atoms with Crippen molar-refractivity contribution < 1.29 is 4.74 Å². The molecule has 0 aliphatic rings. The number of thiophene rings is 1. The van der Waals surface area contributed by atoms with E-state index in [1.165, 1.54) is 19.8 Å². The Hall–Kier alpha value is -0.840. The number of halogens is 1. The Morgan fingerprint density at radius 1 is 1.29 bits per heavy atom. The molecule has 0 amide bonds. The Bertz CT molecular complexity index is 562. The minimum absolute atomic E-state index is 0.218. The van der Waals surface area contributed by atoms with Gasteiger partial charge in [-0.3, -0.25) is 0 Å². The molecule has 1 heterocycles. The third-order valence-corrected chi connectivity index (χ3v) is 5.43. The lowest BCUT2D eigenvalue weighted by Crippen LogP contribution is -2.21. The Morgan fingerprint density at radius 3 is 2.71 bits per heavy atom. The molecule has 4 heteroatoms. The molecular formula is C17H22BrNOS. The van der Waals surface area contributed by atoms with E-state index in [4.69, 9.17) is 4.74 Å². The molecule has 1 aromatic carbocycles. The third kappa shape index (κ3) is 4.31. The number of rotatable bonds is 7. The third-order valence-electron chi connectivity index (χ3n) is 3.23. The molecule has 1 N–H and O–H groups in total. The molecule has 114 valence electrons. The molecule has 2 rings (SSSR count). The Morgan fingerprint density at radius 2 is 2.10 bits per heavy atom. The zero-order valence-corrected chi connectivity index (χ0v) is 15.2. The van der Waals surface area contributed by atoms with E-state index >= 15 is 0 Å². The van der Waals surface area contributed by atoms with Gasteiger partial charge in [-0.25, -0.2) is 0 Å². The van der Waals surface area contributed by atoms with Crippen LogP contribution in [0.5, 0.6) is 5.75 Å². The maximum Gasteiger partial charge on any atom is 0.119 e. The summed E-state index contributed by atoms with van der Waals surface area (Å²) in [5.74, 6) is 0.949. The first-order valence-corrected chi connectivity index (χ1v) is 8.98. The van der Waals surface area contributed by atoms with Crippen LogP contribution in [-0.4, -0.2) is 13.2 Å². The average molecular weight is 368 g/mol. The largest absolute Gasteiger partial charge is 0.494 e. The smallest absolute Gasteiger partial charge is 0.119 e. The summed E-state index contributed by atoms with van der Waals surface area (Å²) in [6, 6.07) is 10.9. The number of hydrogen-bond donors (Lipinski definition) is 1. The topological polar surface area (TPSA) is 21.3 Å². The molecule has 0 aliphatic heterocycles. The van der Waals surface area contributed by atoms with Crippen molar-refractivity contribution in [1.82, 2.24) is 5.32 Å². The quantitative estimate of drug-likeness (QED) is 0.715. The lowest BCUT2D eigenvalue weighted by Gasteiger charge is -2.18. The van der Waals surface area contributed by atoms with E-state index in [1.54, 1.807) is 11.3 Å². The normalized spacial score (nSPS) is 12.4. The van der Waals surface area contributed by atoms with E-state index in [2.05, 4.69) is 66.3 Å². The van der Waals surface area contributed by atoms with Gasteiger partial charge in [-0.2, -0.15) is 0 Å². The maximum absolute atomic E-state index is 5.76. The SMILES string of the molecule is CCCOc1cccc(C(NCC)c2cc(C)c(Br)s2)c1. The fraction of sp³-hybridized carbons (Fsp3) is 0.412. The van der Waals surface area contributed by atoms with Gasteiger partial charge in [0.2, 0.25) is 0 Å². The lowest BCUT2D eigenvalue weighted by atomic mass is 10.0. The number of benzene rings is 1. The maximum atomic E-state index is 5.76. The molecule has 1 unspecified atom stereocenters. The first-order valence-electron chi connectivity index (χ1n) is 7.37. The van der Waals surface area contributed by atoms with E-state index < -0.39 is 0 Å². The lowest BCUT2D eigenvalue weighted by molar-refractivity contribution is 0.317. The molecule has 0 saturated heterocycles. The second-order valence-electron chi connectivity index (χ2n) is 5.02. The standard InChI is InChI=1S/C17H22BrNOS/c1-4-9-20-14-8-6-7-13(11-14)16(19-5-2)15-10-12(3)17(18)21-15/h6-8,10-11,16,19H,4-5,9H2,1-3H3. The molecule has 0 spiro atoms. The van der Waals surface area contributed by atoms with Crippen LogP contribution >= 0.6 is 27.3 Å². The molecular weight excluding hydrogens is 346 g/mol. The van der Waals surface area contributed by atoms with Gasteiger partial charge >= 0.3 is 0 Å². The van der Waals surface area contributed by atoms with Crippen LogP contribution in [0, 0.1) is 6.92 Å². The molecule has 1 atom stereocenters. The highest BCUT2D eigenvalue weighted by Crippen LogP contribution is 2.35. The number of nitrogens with one attached hydrogen (secondary N) is 1. The van der Waals surface area contributed by atoms with Crippen LogP contribution in [0.2, 0.25) is 0 Å². The average Bonchev–Trinajstić information content (AvgIpc) is 2.82. The summed E-state index contributed by atoms with van der Waals surface area (Å²) in [7, 11) is 0. The highest BCUT2D eigenvalue weighted by atomic mass is 79.9. The van der Waals surface area contributed by atoms with Gasteiger partial charge in [0.15, 0.2) is 0 Å². The minimum Gasteiger partial charge on any atom is -0.494 e. The summed E-state index contributed by atoms with van der Waals surface area (Å²) >= 11 is 5.42. The van der Waals surface area contributed by atoms with E-state index in [0.717, 1.165) is 25.3 Å². The molecule has 0 aliphatic carbocycles. The van der Waals surface area contributed by atoms with Crippen molar-refractivity contribution in [3.8, 4) is 5.75 Å². The van der Waals surface area contributed by atoms with E-state index in [0.29, 0.717) is 0 Å². The van der Waals surface area contributed by atoms with Gasteiger partial charge < -0.3 is 10.1 Å². The first kappa shape index (κ1) is 16.5. The van der Waals surface area contributed by atoms with Crippen molar-refractivity contribution >= 4 is 27.3 Å². The fourth-order valence-corrected chi connectivity index (χ4v) is 3.89. The molecule has 0 bridgehead atoms. The van der Waals surface area contributed by atoms with Gasteiger partial charge in [-0.15, -0.1) is 11.3 Å². The summed E-state index contributed by atoms with van der Waals surface area (Å²) in [5.41, 5.74) is 2.54. The van der Waals surface area contributed by atoms with Crippen LogP contribution in [-0.2, 0) is 0 Å². The Labute approximate surface area is 139 Å². The van der Waals surface area contributed by atoms with Crippen molar-refractivity contribution in [2.45, 2.75) is 33.2 Å². The summed E-state index contributed by atoms with van der Waals surface area (Å²) in [6.07, 6.45) is 1.03. The van der Waals surface area contributed by atoms with Crippen molar-refractivity contribution in [2.75, 3.05) is 13.2 Å². The van der Waals surface area contributed by atoms with Crippen LogP contribution in [0.15, 0.2) is 34.1 Å². The predicted molar refractivity (Wildman–Crippen MR) is 94.5 cm³/mol. The summed E-state index contributed by atoms with van der Waals surface area (Å²) in [4.78, 5) is 1.33. The first-order chi connectivity index (χ1) is 10.2. The van der Waals surface area contributed by atoms with Crippen LogP contribution in [0.1, 0.15) is 42.3 Å². The van der Waals surface area contributed by atoms with Gasteiger partial charge in [0.05, 0.1) is 16.4 Å². The van der Waals surface area contributed by atoms with Crippen LogP contribution < -0.4 is 10.1 Å². The van der Waals surface area contributed by atoms with Gasteiger partial charge in [0.1, 0.15) is 5.75 Å².